The van der Waals surface area contributed by atoms with E-state index in [1.165, 1.54) is 22.6 Å². The summed E-state index contributed by atoms with van der Waals surface area (Å²) in [4.78, 5) is 30.1. The summed E-state index contributed by atoms with van der Waals surface area (Å²) in [6, 6.07) is 5.64. The van der Waals surface area contributed by atoms with Crippen LogP contribution < -0.4 is 0 Å². The van der Waals surface area contributed by atoms with Gasteiger partial charge in [-0.3, -0.25) is 19.5 Å². The van der Waals surface area contributed by atoms with Crippen LogP contribution in [0.15, 0.2) is 34.7 Å². The van der Waals surface area contributed by atoms with Crippen LogP contribution in [0.5, 0.6) is 0 Å². The van der Waals surface area contributed by atoms with Crippen molar-refractivity contribution < 1.29 is 18.0 Å². The highest BCUT2D eigenvalue weighted by Crippen LogP contribution is 2.32. The molecule has 0 aromatic carbocycles. The molecule has 1 atom stereocenters. The van der Waals surface area contributed by atoms with Gasteiger partial charge in [-0.1, -0.05) is 11.6 Å². The first-order valence-electron chi connectivity index (χ1n) is 7.48. The quantitative estimate of drug-likeness (QED) is 0.737. The van der Waals surface area contributed by atoms with E-state index in [1.807, 2.05) is 0 Å². The minimum atomic E-state index is -3.68. The van der Waals surface area contributed by atoms with Crippen LogP contribution in [0, 0.1) is 0 Å². The molecule has 4 heterocycles. The molecule has 0 bridgehead atoms. The first-order valence-corrected chi connectivity index (χ1v) is 10.1. The fourth-order valence-electron chi connectivity index (χ4n) is 3.12. The minimum absolute atomic E-state index is 0.0727. The molecule has 1 saturated heterocycles. The van der Waals surface area contributed by atoms with Crippen molar-refractivity contribution in [2.24, 2.45) is 0 Å². The SMILES string of the molecule is O=C1c2cccnc2C(=O)N1C1CCN(S(=O)(=O)c2ccc(Cl)s2)C1. The van der Waals surface area contributed by atoms with Crippen LogP contribution in [0.1, 0.15) is 27.3 Å². The van der Waals surface area contributed by atoms with E-state index in [2.05, 4.69) is 4.98 Å². The van der Waals surface area contributed by atoms with Crippen LogP contribution >= 0.6 is 22.9 Å². The highest BCUT2D eigenvalue weighted by molar-refractivity contribution is 7.91. The first-order chi connectivity index (χ1) is 11.9. The van der Waals surface area contributed by atoms with Crippen LogP contribution in [-0.4, -0.2) is 53.6 Å². The molecule has 25 heavy (non-hydrogen) atoms. The topological polar surface area (TPSA) is 87.7 Å². The summed E-state index contributed by atoms with van der Waals surface area (Å²) in [7, 11) is -3.68. The maximum absolute atomic E-state index is 12.7. The zero-order valence-electron chi connectivity index (χ0n) is 12.8. The summed E-state index contributed by atoms with van der Waals surface area (Å²) in [6.07, 6.45) is 1.85. The van der Waals surface area contributed by atoms with Crippen molar-refractivity contribution in [3.63, 3.8) is 0 Å². The summed E-state index contributed by atoms with van der Waals surface area (Å²) in [5, 5.41) is 0. The maximum atomic E-state index is 12.7. The largest absolute Gasteiger partial charge is 0.280 e. The van der Waals surface area contributed by atoms with Gasteiger partial charge in [0.15, 0.2) is 0 Å². The van der Waals surface area contributed by atoms with Crippen molar-refractivity contribution in [1.29, 1.82) is 0 Å². The Bertz CT molecular complexity index is 953. The average Bonchev–Trinajstić information content (AvgIpc) is 3.29. The van der Waals surface area contributed by atoms with Crippen molar-refractivity contribution in [3.8, 4) is 0 Å². The van der Waals surface area contributed by atoms with Gasteiger partial charge in [0.05, 0.1) is 15.9 Å². The van der Waals surface area contributed by atoms with Crippen molar-refractivity contribution in [1.82, 2.24) is 14.2 Å². The zero-order chi connectivity index (χ0) is 17.8. The predicted molar refractivity (Wildman–Crippen MR) is 91.2 cm³/mol. The summed E-state index contributed by atoms with van der Waals surface area (Å²) >= 11 is 6.81. The maximum Gasteiger partial charge on any atom is 0.280 e. The third kappa shape index (κ3) is 2.58. The number of nitrogens with zero attached hydrogens (tertiary/aromatic N) is 3. The van der Waals surface area contributed by atoms with Crippen LogP contribution in [0.3, 0.4) is 0 Å². The standard InChI is InChI=1S/C15H12ClN3O4S2/c16-11-3-4-12(24-11)25(22,23)18-7-5-9(8-18)19-14(20)10-2-1-6-17-13(10)15(19)21/h1-4,6,9H,5,7-8H2. The second-order valence-corrected chi connectivity index (χ2v) is 9.62. The van der Waals surface area contributed by atoms with Gasteiger partial charge in [0.2, 0.25) is 0 Å². The smallest absolute Gasteiger partial charge is 0.268 e. The molecule has 4 rings (SSSR count). The lowest BCUT2D eigenvalue weighted by Gasteiger charge is -2.22. The lowest BCUT2D eigenvalue weighted by atomic mass is 10.2. The van der Waals surface area contributed by atoms with Crippen molar-refractivity contribution in [2.75, 3.05) is 13.1 Å². The number of thiophene rings is 1. The Morgan fingerprint density at radius 2 is 2.00 bits per heavy atom. The average molecular weight is 398 g/mol. The molecule has 2 amide bonds. The summed E-state index contributed by atoms with van der Waals surface area (Å²) < 4.78 is 27.2. The second kappa shape index (κ2) is 5.87. The number of halogens is 1. The first kappa shape index (κ1) is 16.6. The number of hydrogen-bond acceptors (Lipinski definition) is 6. The molecule has 0 saturated carbocycles. The monoisotopic (exact) mass is 397 g/mol. The molecule has 1 unspecified atom stereocenters. The highest BCUT2D eigenvalue weighted by atomic mass is 35.5. The van der Waals surface area contributed by atoms with E-state index < -0.39 is 27.9 Å². The summed E-state index contributed by atoms with van der Waals surface area (Å²) in [6.45, 7) is 0.312. The Hall–Kier alpha value is -1.81. The number of carbonyl (C=O) groups is 2. The molecule has 7 nitrogen and oxygen atoms in total. The van der Waals surface area contributed by atoms with Crippen molar-refractivity contribution in [3.05, 3.63) is 46.1 Å². The lowest BCUT2D eigenvalue weighted by Crippen LogP contribution is -2.42. The normalized spacial score (nSPS) is 21.2. The van der Waals surface area contributed by atoms with E-state index in [1.54, 1.807) is 12.1 Å². The summed E-state index contributed by atoms with van der Waals surface area (Å²) in [5.41, 5.74) is 0.387. The van der Waals surface area contributed by atoms with Gasteiger partial charge in [0, 0.05) is 19.3 Å². The Morgan fingerprint density at radius 3 is 2.68 bits per heavy atom. The van der Waals surface area contributed by atoms with E-state index in [4.69, 9.17) is 11.6 Å². The Kier molecular flexibility index (Phi) is 3.91. The fraction of sp³-hybridized carbons (Fsp3) is 0.267. The Morgan fingerprint density at radius 1 is 1.20 bits per heavy atom. The van der Waals surface area contributed by atoms with Gasteiger partial charge < -0.3 is 0 Å². The van der Waals surface area contributed by atoms with Crippen LogP contribution in [0.25, 0.3) is 0 Å². The van der Waals surface area contributed by atoms with Gasteiger partial charge in [-0.15, -0.1) is 11.3 Å². The van der Waals surface area contributed by atoms with Gasteiger partial charge in [-0.25, -0.2) is 8.42 Å². The molecular weight excluding hydrogens is 386 g/mol. The van der Waals surface area contributed by atoms with E-state index in [-0.39, 0.29) is 28.6 Å². The molecule has 2 aromatic heterocycles. The molecule has 130 valence electrons. The second-order valence-electron chi connectivity index (χ2n) is 5.74. The molecule has 0 N–H and O–H groups in total. The number of rotatable bonds is 3. The fourth-order valence-corrected chi connectivity index (χ4v) is 6.25. The van der Waals surface area contributed by atoms with Gasteiger partial charge >= 0.3 is 0 Å². The molecule has 0 aliphatic carbocycles. The summed E-state index contributed by atoms with van der Waals surface area (Å²) in [5.74, 6) is -0.888. The third-order valence-electron chi connectivity index (χ3n) is 4.31. The molecular formula is C15H12ClN3O4S2. The van der Waals surface area contributed by atoms with Gasteiger partial charge in [0.1, 0.15) is 9.90 Å². The van der Waals surface area contributed by atoms with Crippen LogP contribution in [-0.2, 0) is 10.0 Å². The Balaban J connectivity index is 1.58. The number of imide groups is 1. The number of amides is 2. The molecule has 0 radical (unpaired) electrons. The number of hydrogen-bond donors (Lipinski definition) is 0. The van der Waals surface area contributed by atoms with Crippen LogP contribution in [0.2, 0.25) is 4.34 Å². The van der Waals surface area contributed by atoms with Gasteiger partial charge in [0.25, 0.3) is 21.8 Å². The van der Waals surface area contributed by atoms with Crippen molar-refractivity contribution in [2.45, 2.75) is 16.7 Å². The number of pyridine rings is 1. The molecule has 1 fully saturated rings. The zero-order valence-corrected chi connectivity index (χ0v) is 15.1. The number of sulfonamides is 1. The minimum Gasteiger partial charge on any atom is -0.268 e. The van der Waals surface area contributed by atoms with E-state index in [0.29, 0.717) is 10.8 Å². The van der Waals surface area contributed by atoms with Gasteiger partial charge in [-0.05, 0) is 30.7 Å². The lowest BCUT2D eigenvalue weighted by molar-refractivity contribution is 0.0591. The Labute approximate surface area is 152 Å². The molecule has 2 aliphatic rings. The molecule has 2 aliphatic heterocycles. The third-order valence-corrected chi connectivity index (χ3v) is 7.88. The van der Waals surface area contributed by atoms with E-state index in [0.717, 1.165) is 16.2 Å². The number of aromatic nitrogens is 1. The van der Waals surface area contributed by atoms with E-state index in [9.17, 15) is 18.0 Å². The van der Waals surface area contributed by atoms with Crippen molar-refractivity contribution >= 4 is 44.8 Å². The van der Waals surface area contributed by atoms with Gasteiger partial charge in [-0.2, -0.15) is 4.31 Å². The molecule has 0 spiro atoms. The van der Waals surface area contributed by atoms with Crippen LogP contribution in [0.4, 0.5) is 0 Å². The highest BCUT2D eigenvalue weighted by Gasteiger charge is 2.45. The molecule has 10 heteroatoms. The predicted octanol–water partition coefficient (Wildman–Crippen LogP) is 1.86. The molecule has 2 aromatic rings. The number of carbonyl (C=O) groups excluding carboxylic acids is 2. The van der Waals surface area contributed by atoms with E-state index >= 15 is 0 Å². The number of fused-ring (bicyclic) bond motifs is 1.